The number of pyridine rings is 1. The summed E-state index contributed by atoms with van der Waals surface area (Å²) >= 11 is 0. The molecular weight excluding hydrogens is 178 g/mol. The van der Waals surface area contributed by atoms with Gasteiger partial charge in [-0.2, -0.15) is 5.10 Å². The zero-order valence-corrected chi connectivity index (χ0v) is 7.57. The number of nitrogens with one attached hydrogen (secondary N) is 2. The number of hydrogen-bond acceptors (Lipinski definition) is 4. The van der Waals surface area contributed by atoms with E-state index in [2.05, 4.69) is 20.5 Å². The molecule has 5 nitrogen and oxygen atoms in total. The van der Waals surface area contributed by atoms with Gasteiger partial charge in [0.05, 0.1) is 29.5 Å². The summed E-state index contributed by atoms with van der Waals surface area (Å²) in [7, 11) is 0. The molecule has 2 aromatic rings. The molecule has 0 unspecified atom stereocenters. The molecule has 0 aromatic carbocycles. The first-order valence-electron chi connectivity index (χ1n) is 4.29. The molecule has 0 bridgehead atoms. The molecule has 0 radical (unpaired) electrons. The fraction of sp³-hybridized carbons (Fsp3) is 0.111. The van der Waals surface area contributed by atoms with Gasteiger partial charge >= 0.3 is 0 Å². The summed E-state index contributed by atoms with van der Waals surface area (Å²) in [4.78, 5) is 4.00. The van der Waals surface area contributed by atoms with Gasteiger partial charge in [0, 0.05) is 12.7 Å². The lowest BCUT2D eigenvalue weighted by Crippen LogP contribution is -2.00. The Morgan fingerprint density at radius 2 is 2.36 bits per heavy atom. The van der Waals surface area contributed by atoms with Crippen LogP contribution in [0.2, 0.25) is 0 Å². The molecule has 72 valence electrons. The van der Waals surface area contributed by atoms with Gasteiger partial charge in [-0.15, -0.1) is 0 Å². The van der Waals surface area contributed by atoms with Gasteiger partial charge in [-0.05, 0) is 12.1 Å². The minimum absolute atomic E-state index is 0.433. The van der Waals surface area contributed by atoms with Crippen LogP contribution in [-0.2, 0) is 6.54 Å². The van der Waals surface area contributed by atoms with Crippen molar-refractivity contribution in [3.8, 4) is 0 Å². The maximum atomic E-state index is 5.52. The van der Waals surface area contributed by atoms with Crippen LogP contribution >= 0.6 is 0 Å². The largest absolute Gasteiger partial charge is 0.351 e. The van der Waals surface area contributed by atoms with E-state index in [0.29, 0.717) is 6.54 Å². The summed E-state index contributed by atoms with van der Waals surface area (Å²) in [5.41, 5.74) is 8.21. The number of nitrogens with two attached hydrogens (primary N) is 1. The number of H-pyrrole nitrogens is 1. The van der Waals surface area contributed by atoms with E-state index in [1.165, 1.54) is 0 Å². The number of hydrogen-bond donors (Lipinski definition) is 3. The topological polar surface area (TPSA) is 79.6 Å². The molecule has 0 saturated carbocycles. The smallest absolute Gasteiger partial charge is 0.0814 e. The van der Waals surface area contributed by atoms with Crippen LogP contribution in [0.25, 0.3) is 0 Å². The van der Waals surface area contributed by atoms with Crippen LogP contribution in [0.15, 0.2) is 30.7 Å². The average molecular weight is 189 g/mol. The van der Waals surface area contributed by atoms with Crippen LogP contribution in [0.4, 0.5) is 11.4 Å². The number of rotatable bonds is 3. The Hall–Kier alpha value is -1.88. The monoisotopic (exact) mass is 189 g/mol. The summed E-state index contributed by atoms with van der Waals surface area (Å²) in [6, 6.07) is 3.80. The Kier molecular flexibility index (Phi) is 2.42. The van der Waals surface area contributed by atoms with Crippen molar-refractivity contribution < 1.29 is 0 Å². The fourth-order valence-corrected chi connectivity index (χ4v) is 1.17. The summed E-state index contributed by atoms with van der Waals surface area (Å²) in [6.07, 6.45) is 5.17. The molecule has 4 N–H and O–H groups in total. The Balaban J connectivity index is 2.19. The molecule has 14 heavy (non-hydrogen) atoms. The predicted molar refractivity (Wildman–Crippen MR) is 54.0 cm³/mol. The van der Waals surface area contributed by atoms with E-state index in [1.807, 2.05) is 12.1 Å². The fourth-order valence-electron chi connectivity index (χ4n) is 1.17. The first-order chi connectivity index (χ1) is 6.90. The third-order valence-corrected chi connectivity index (χ3v) is 1.86. The van der Waals surface area contributed by atoms with Crippen molar-refractivity contribution >= 4 is 11.4 Å². The highest BCUT2D eigenvalue weighted by molar-refractivity contribution is 5.59. The summed E-state index contributed by atoms with van der Waals surface area (Å²) in [5.74, 6) is 0. The predicted octanol–water partition coefficient (Wildman–Crippen LogP) is 1.01. The van der Waals surface area contributed by atoms with Crippen molar-refractivity contribution in [1.29, 1.82) is 0 Å². The molecule has 0 saturated heterocycles. The van der Waals surface area contributed by atoms with Crippen molar-refractivity contribution in [2.24, 2.45) is 5.73 Å². The van der Waals surface area contributed by atoms with Gasteiger partial charge in [-0.25, -0.2) is 0 Å². The molecule has 5 heteroatoms. The molecule has 0 aliphatic heterocycles. The lowest BCUT2D eigenvalue weighted by molar-refractivity contribution is 0.948. The lowest BCUT2D eigenvalue weighted by Gasteiger charge is -2.03. The van der Waals surface area contributed by atoms with Gasteiger partial charge in [0.15, 0.2) is 0 Å². The van der Waals surface area contributed by atoms with Gasteiger partial charge in [0.2, 0.25) is 0 Å². The van der Waals surface area contributed by atoms with Crippen LogP contribution in [0.1, 0.15) is 5.69 Å². The third-order valence-electron chi connectivity index (χ3n) is 1.86. The summed E-state index contributed by atoms with van der Waals surface area (Å²) < 4.78 is 0. The van der Waals surface area contributed by atoms with E-state index >= 15 is 0 Å². The van der Waals surface area contributed by atoms with Crippen LogP contribution in [-0.4, -0.2) is 15.2 Å². The number of nitrogens with zero attached hydrogens (tertiary/aromatic N) is 2. The molecule has 0 atom stereocenters. The Bertz CT molecular complexity index is 395. The molecule has 0 aliphatic carbocycles. The molecule has 0 aliphatic rings. The van der Waals surface area contributed by atoms with Gasteiger partial charge < -0.3 is 11.1 Å². The second kappa shape index (κ2) is 3.89. The zero-order chi connectivity index (χ0) is 9.80. The van der Waals surface area contributed by atoms with Gasteiger partial charge in [-0.1, -0.05) is 0 Å². The van der Waals surface area contributed by atoms with E-state index in [-0.39, 0.29) is 0 Å². The standard InChI is InChI=1S/C9H11N5/c10-4-8-9(6-12-14-8)13-7-2-1-3-11-5-7/h1-3,5-6,13H,4,10H2,(H,12,14). The molecule has 2 heterocycles. The van der Waals surface area contributed by atoms with Crippen LogP contribution in [0.5, 0.6) is 0 Å². The number of anilines is 2. The summed E-state index contributed by atoms with van der Waals surface area (Å²) in [6.45, 7) is 0.433. The minimum Gasteiger partial charge on any atom is -0.351 e. The van der Waals surface area contributed by atoms with E-state index in [9.17, 15) is 0 Å². The van der Waals surface area contributed by atoms with Crippen LogP contribution in [0.3, 0.4) is 0 Å². The zero-order valence-electron chi connectivity index (χ0n) is 7.57. The van der Waals surface area contributed by atoms with Crippen LogP contribution < -0.4 is 11.1 Å². The number of aromatic nitrogens is 3. The molecular formula is C9H11N5. The second-order valence-electron chi connectivity index (χ2n) is 2.83. The molecule has 0 fully saturated rings. The van der Waals surface area contributed by atoms with Crippen molar-refractivity contribution in [2.75, 3.05) is 5.32 Å². The highest BCUT2D eigenvalue weighted by atomic mass is 15.1. The van der Waals surface area contributed by atoms with E-state index in [1.54, 1.807) is 18.6 Å². The molecule has 0 spiro atoms. The maximum absolute atomic E-state index is 5.52. The van der Waals surface area contributed by atoms with Gasteiger partial charge in [0.1, 0.15) is 0 Å². The van der Waals surface area contributed by atoms with E-state index in [0.717, 1.165) is 17.1 Å². The molecule has 2 rings (SSSR count). The quantitative estimate of drug-likeness (QED) is 0.673. The van der Waals surface area contributed by atoms with Crippen molar-refractivity contribution in [2.45, 2.75) is 6.54 Å². The second-order valence-corrected chi connectivity index (χ2v) is 2.83. The third kappa shape index (κ3) is 1.72. The Morgan fingerprint density at radius 1 is 1.43 bits per heavy atom. The lowest BCUT2D eigenvalue weighted by atomic mass is 10.3. The highest BCUT2D eigenvalue weighted by Crippen LogP contribution is 2.16. The Labute approximate surface area is 81.4 Å². The maximum Gasteiger partial charge on any atom is 0.0814 e. The van der Waals surface area contributed by atoms with Crippen molar-refractivity contribution in [1.82, 2.24) is 15.2 Å². The molecule has 0 amide bonds. The van der Waals surface area contributed by atoms with E-state index < -0.39 is 0 Å². The number of aromatic amines is 1. The minimum atomic E-state index is 0.433. The molecule has 2 aromatic heterocycles. The van der Waals surface area contributed by atoms with Crippen molar-refractivity contribution in [3.63, 3.8) is 0 Å². The van der Waals surface area contributed by atoms with E-state index in [4.69, 9.17) is 5.73 Å². The normalized spacial score (nSPS) is 10.1. The van der Waals surface area contributed by atoms with Gasteiger partial charge in [0.25, 0.3) is 0 Å². The Morgan fingerprint density at radius 3 is 3.07 bits per heavy atom. The average Bonchev–Trinajstić information content (AvgIpc) is 2.67. The first kappa shape index (κ1) is 8.71. The van der Waals surface area contributed by atoms with Crippen LogP contribution in [0, 0.1) is 0 Å². The first-order valence-corrected chi connectivity index (χ1v) is 4.29. The summed E-state index contributed by atoms with van der Waals surface area (Å²) in [5, 5.41) is 9.89. The van der Waals surface area contributed by atoms with Gasteiger partial charge in [-0.3, -0.25) is 10.1 Å². The highest BCUT2D eigenvalue weighted by Gasteiger charge is 2.02. The van der Waals surface area contributed by atoms with Crippen molar-refractivity contribution in [3.05, 3.63) is 36.4 Å². The SMILES string of the molecule is NCc1[nH]ncc1Nc1cccnc1.